The molecule has 0 spiro atoms. The Balaban J connectivity index is 3.25. The number of nitrogens with one attached hydrogen (secondary N) is 1. The van der Waals surface area contributed by atoms with E-state index in [1.807, 2.05) is 26.2 Å². The predicted molar refractivity (Wildman–Crippen MR) is 36.9 cm³/mol. The Morgan fingerprint density at radius 1 is 1.22 bits per heavy atom. The van der Waals surface area contributed by atoms with Gasteiger partial charge in [-0.25, -0.2) is 4.98 Å². The highest BCUT2D eigenvalue weighted by Crippen LogP contribution is 2.10. The van der Waals surface area contributed by atoms with E-state index in [-0.39, 0.29) is 0 Å². The van der Waals surface area contributed by atoms with Crippen LogP contribution in [0.4, 0.5) is 5.69 Å². The molecule has 0 aliphatic heterocycles. The number of rotatable bonds is 0. The van der Waals surface area contributed by atoms with Crippen LogP contribution in [0.1, 0.15) is 11.1 Å². The maximum absolute atomic E-state index is 5.66. The van der Waals surface area contributed by atoms with Crippen molar-refractivity contribution in [2.24, 2.45) is 0 Å². The van der Waals surface area contributed by atoms with Gasteiger partial charge < -0.3 is 5.73 Å². The van der Waals surface area contributed by atoms with Gasteiger partial charge in [0.2, 0.25) is 0 Å². The monoisotopic (exact) mass is 123 g/mol. The van der Waals surface area contributed by atoms with Gasteiger partial charge in [0, 0.05) is 16.8 Å². The van der Waals surface area contributed by atoms with Gasteiger partial charge in [-0.3, -0.25) is 0 Å². The average Bonchev–Trinajstić information content (AvgIpc) is 1.83. The molecule has 2 heteroatoms. The summed E-state index contributed by atoms with van der Waals surface area (Å²) < 4.78 is 0. The van der Waals surface area contributed by atoms with E-state index in [1.165, 1.54) is 0 Å². The molecular weight excluding hydrogens is 112 g/mol. The highest BCUT2D eigenvalue weighted by atomic mass is 14.7. The zero-order valence-electron chi connectivity index (χ0n) is 5.73. The van der Waals surface area contributed by atoms with E-state index in [4.69, 9.17) is 5.73 Å². The third-order valence-corrected chi connectivity index (χ3v) is 1.45. The van der Waals surface area contributed by atoms with Crippen molar-refractivity contribution in [2.45, 2.75) is 13.8 Å². The first kappa shape index (κ1) is 6.08. The van der Waals surface area contributed by atoms with Crippen LogP contribution in [0.25, 0.3) is 0 Å². The van der Waals surface area contributed by atoms with E-state index in [2.05, 4.69) is 4.98 Å². The molecule has 0 saturated carbocycles. The maximum Gasteiger partial charge on any atom is 0.171 e. The molecule has 0 fully saturated rings. The van der Waals surface area contributed by atoms with E-state index in [0.717, 1.165) is 16.8 Å². The summed E-state index contributed by atoms with van der Waals surface area (Å²) in [6, 6.07) is 0. The van der Waals surface area contributed by atoms with Crippen LogP contribution in [0.5, 0.6) is 0 Å². The fourth-order valence-electron chi connectivity index (χ4n) is 0.758. The number of aromatic nitrogens is 1. The largest absolute Gasteiger partial charge is 0.398 e. The Morgan fingerprint density at radius 3 is 2.00 bits per heavy atom. The molecule has 1 heterocycles. The molecule has 0 saturated heterocycles. The SMILES string of the molecule is Cc1c[nH+]cc(C)c1N. The minimum Gasteiger partial charge on any atom is -0.398 e. The van der Waals surface area contributed by atoms with Crippen molar-refractivity contribution in [3.05, 3.63) is 23.5 Å². The van der Waals surface area contributed by atoms with Gasteiger partial charge in [-0.1, -0.05) is 0 Å². The topological polar surface area (TPSA) is 40.2 Å². The zero-order valence-corrected chi connectivity index (χ0v) is 5.73. The quantitative estimate of drug-likeness (QED) is 0.542. The summed E-state index contributed by atoms with van der Waals surface area (Å²) in [4.78, 5) is 2.99. The first-order valence-corrected chi connectivity index (χ1v) is 2.94. The van der Waals surface area contributed by atoms with Crippen LogP contribution < -0.4 is 10.7 Å². The van der Waals surface area contributed by atoms with Crippen molar-refractivity contribution in [3.63, 3.8) is 0 Å². The van der Waals surface area contributed by atoms with Crippen LogP contribution >= 0.6 is 0 Å². The number of anilines is 1. The van der Waals surface area contributed by atoms with Crippen LogP contribution in [0.3, 0.4) is 0 Å². The summed E-state index contributed by atoms with van der Waals surface area (Å²) in [6.07, 6.45) is 3.78. The summed E-state index contributed by atoms with van der Waals surface area (Å²) >= 11 is 0. The molecular formula is C7H11N2+. The Kier molecular flexibility index (Phi) is 1.39. The predicted octanol–water partition coefficient (Wildman–Crippen LogP) is 0.700. The lowest BCUT2D eigenvalue weighted by molar-refractivity contribution is -0.378. The fourth-order valence-corrected chi connectivity index (χ4v) is 0.758. The minimum absolute atomic E-state index is 0.883. The number of aryl methyl sites for hydroxylation is 2. The van der Waals surface area contributed by atoms with E-state index < -0.39 is 0 Å². The van der Waals surface area contributed by atoms with Gasteiger partial charge in [-0.15, -0.1) is 0 Å². The second kappa shape index (κ2) is 2.05. The lowest BCUT2D eigenvalue weighted by Gasteiger charge is -1.95. The van der Waals surface area contributed by atoms with Gasteiger partial charge in [-0.2, -0.15) is 0 Å². The van der Waals surface area contributed by atoms with E-state index in [9.17, 15) is 0 Å². The summed E-state index contributed by atoms with van der Waals surface area (Å²) in [5.41, 5.74) is 8.76. The zero-order chi connectivity index (χ0) is 6.85. The normalized spacial score (nSPS) is 9.56. The molecule has 0 atom stereocenters. The maximum atomic E-state index is 5.66. The van der Waals surface area contributed by atoms with Crippen molar-refractivity contribution in [2.75, 3.05) is 5.73 Å². The van der Waals surface area contributed by atoms with Crippen LogP contribution in [-0.4, -0.2) is 0 Å². The van der Waals surface area contributed by atoms with Crippen molar-refractivity contribution in [1.82, 2.24) is 0 Å². The molecule has 9 heavy (non-hydrogen) atoms. The molecule has 3 N–H and O–H groups in total. The van der Waals surface area contributed by atoms with Gasteiger partial charge in [0.05, 0.1) is 0 Å². The van der Waals surface area contributed by atoms with Gasteiger partial charge in [0.25, 0.3) is 0 Å². The minimum atomic E-state index is 0.883. The van der Waals surface area contributed by atoms with Crippen molar-refractivity contribution >= 4 is 5.69 Å². The summed E-state index contributed by atoms with van der Waals surface area (Å²) in [7, 11) is 0. The molecule has 1 rings (SSSR count). The third-order valence-electron chi connectivity index (χ3n) is 1.45. The highest BCUT2D eigenvalue weighted by molar-refractivity contribution is 5.48. The molecule has 1 aromatic heterocycles. The molecule has 0 aliphatic rings. The van der Waals surface area contributed by atoms with Crippen molar-refractivity contribution in [3.8, 4) is 0 Å². The van der Waals surface area contributed by atoms with Gasteiger partial charge in [-0.05, 0) is 13.8 Å². The van der Waals surface area contributed by atoms with E-state index in [1.54, 1.807) is 0 Å². The van der Waals surface area contributed by atoms with Gasteiger partial charge in [0.1, 0.15) is 0 Å². The van der Waals surface area contributed by atoms with Crippen molar-refractivity contribution in [1.29, 1.82) is 0 Å². The Morgan fingerprint density at radius 2 is 1.67 bits per heavy atom. The second-order valence-electron chi connectivity index (χ2n) is 2.24. The molecule has 0 amide bonds. The Labute approximate surface area is 54.7 Å². The number of nitrogen functional groups attached to an aromatic ring is 1. The Bertz CT molecular complexity index is 198. The molecule has 48 valence electrons. The molecule has 0 radical (unpaired) electrons. The average molecular weight is 123 g/mol. The van der Waals surface area contributed by atoms with Crippen LogP contribution in [0.15, 0.2) is 12.4 Å². The molecule has 0 aromatic carbocycles. The molecule has 0 unspecified atom stereocenters. The number of nitrogens with two attached hydrogens (primary N) is 1. The van der Waals surface area contributed by atoms with Crippen LogP contribution in [-0.2, 0) is 0 Å². The summed E-state index contributed by atoms with van der Waals surface area (Å²) in [5, 5.41) is 0. The molecule has 0 aliphatic carbocycles. The highest BCUT2D eigenvalue weighted by Gasteiger charge is 1.98. The lowest BCUT2D eigenvalue weighted by Crippen LogP contribution is -2.05. The standard InChI is InChI=1S/C7H10N2/c1-5-3-9-4-6(2)7(5)8/h3-4H,1-2H3,(H2,8,9)/p+1. The van der Waals surface area contributed by atoms with E-state index in [0.29, 0.717) is 0 Å². The first-order chi connectivity index (χ1) is 4.22. The number of hydrogen-bond donors (Lipinski definition) is 1. The smallest absolute Gasteiger partial charge is 0.171 e. The fraction of sp³-hybridized carbons (Fsp3) is 0.286. The molecule has 1 aromatic rings. The van der Waals surface area contributed by atoms with Gasteiger partial charge in [0.15, 0.2) is 12.4 Å². The molecule has 2 nitrogen and oxygen atoms in total. The number of hydrogen-bond acceptors (Lipinski definition) is 1. The first-order valence-electron chi connectivity index (χ1n) is 2.94. The number of pyridine rings is 1. The summed E-state index contributed by atoms with van der Waals surface area (Å²) in [5.74, 6) is 0. The number of H-pyrrole nitrogens is 1. The van der Waals surface area contributed by atoms with Crippen LogP contribution in [0, 0.1) is 13.8 Å². The summed E-state index contributed by atoms with van der Waals surface area (Å²) in [6.45, 7) is 3.97. The third kappa shape index (κ3) is 1.02. The second-order valence-corrected chi connectivity index (χ2v) is 2.24. The molecule has 0 bridgehead atoms. The Hall–Kier alpha value is -1.05. The lowest BCUT2D eigenvalue weighted by atomic mass is 10.2. The van der Waals surface area contributed by atoms with E-state index >= 15 is 0 Å². The van der Waals surface area contributed by atoms with Gasteiger partial charge >= 0.3 is 0 Å². The van der Waals surface area contributed by atoms with Crippen LogP contribution in [0.2, 0.25) is 0 Å². The number of aromatic amines is 1. The van der Waals surface area contributed by atoms with Crippen molar-refractivity contribution < 1.29 is 4.98 Å².